The van der Waals surface area contributed by atoms with Crippen molar-refractivity contribution in [2.24, 2.45) is 0 Å². The molecule has 0 aliphatic heterocycles. The number of carbonyl (C=O) groups is 1. The molecule has 0 aliphatic rings. The van der Waals surface area contributed by atoms with Crippen LogP contribution < -0.4 is 11.1 Å². The number of nitrogens with zero attached hydrogens (tertiary/aromatic N) is 4. The van der Waals surface area contributed by atoms with E-state index in [9.17, 15) is 24.8 Å². The van der Waals surface area contributed by atoms with Gasteiger partial charge in [-0.05, 0) is 24.6 Å². The number of fused-ring (bicyclic) bond motifs is 1. The highest BCUT2D eigenvalue weighted by Crippen LogP contribution is 2.21. The predicted octanol–water partition coefficient (Wildman–Crippen LogP) is 3.08. The molecular formula is C21H17N5O6. The van der Waals surface area contributed by atoms with Gasteiger partial charge in [0.25, 0.3) is 5.69 Å². The minimum atomic E-state index is -0.642. The molecule has 0 unspecified atom stereocenters. The van der Waals surface area contributed by atoms with Gasteiger partial charge in [0.05, 0.1) is 34.6 Å². The zero-order valence-electron chi connectivity index (χ0n) is 16.6. The van der Waals surface area contributed by atoms with E-state index in [2.05, 4.69) is 15.3 Å². The fourth-order valence-corrected chi connectivity index (χ4v) is 3.19. The molecule has 0 atom stereocenters. The van der Waals surface area contributed by atoms with Crippen molar-refractivity contribution in [1.29, 1.82) is 0 Å². The van der Waals surface area contributed by atoms with E-state index in [1.807, 2.05) is 0 Å². The predicted molar refractivity (Wildman–Crippen MR) is 114 cm³/mol. The minimum absolute atomic E-state index is 0.103. The molecule has 11 heteroatoms. The summed E-state index contributed by atoms with van der Waals surface area (Å²) in [6, 6.07) is 10.5. The van der Waals surface area contributed by atoms with Crippen molar-refractivity contribution >= 4 is 28.4 Å². The maximum atomic E-state index is 12.2. The van der Waals surface area contributed by atoms with E-state index in [0.717, 1.165) is 0 Å². The number of nitrogens with one attached hydrogen (secondary N) is 1. The lowest BCUT2D eigenvalue weighted by Gasteiger charge is -2.06. The van der Waals surface area contributed by atoms with Gasteiger partial charge in [-0.2, -0.15) is 0 Å². The number of phenolic OH excluding ortho intramolecular Hbond substituents is 1. The number of aromatic nitrogens is 3. The Bertz CT molecular complexity index is 1360. The molecule has 162 valence electrons. The number of non-ortho nitro benzene ring substituents is 1. The average Bonchev–Trinajstić information content (AvgIpc) is 3.08. The van der Waals surface area contributed by atoms with Gasteiger partial charge in [0.15, 0.2) is 11.4 Å². The number of nitro groups is 1. The van der Waals surface area contributed by atoms with Gasteiger partial charge in [0.1, 0.15) is 5.75 Å². The third kappa shape index (κ3) is 4.46. The number of benzene rings is 2. The molecule has 32 heavy (non-hydrogen) atoms. The molecule has 0 aliphatic carbocycles. The van der Waals surface area contributed by atoms with Crippen LogP contribution in [0.1, 0.15) is 12.8 Å². The van der Waals surface area contributed by atoms with Crippen LogP contribution in [0.4, 0.5) is 11.4 Å². The summed E-state index contributed by atoms with van der Waals surface area (Å²) in [6.07, 6.45) is 3.40. The highest BCUT2D eigenvalue weighted by atomic mass is 16.6. The van der Waals surface area contributed by atoms with Gasteiger partial charge in [-0.1, -0.05) is 12.1 Å². The van der Waals surface area contributed by atoms with Crippen molar-refractivity contribution in [3.05, 3.63) is 75.5 Å². The van der Waals surface area contributed by atoms with Crippen LogP contribution in [0, 0.1) is 10.1 Å². The summed E-state index contributed by atoms with van der Waals surface area (Å²) in [5.41, 5.74) is 1.44. The van der Waals surface area contributed by atoms with Crippen molar-refractivity contribution in [2.45, 2.75) is 19.4 Å². The monoisotopic (exact) mass is 435 g/mol. The van der Waals surface area contributed by atoms with Crippen LogP contribution in [-0.2, 0) is 11.3 Å². The average molecular weight is 435 g/mol. The fraction of sp³-hybridized carbons (Fsp3) is 0.143. The van der Waals surface area contributed by atoms with Crippen LogP contribution in [0.3, 0.4) is 0 Å². The highest BCUT2D eigenvalue weighted by molar-refractivity contribution is 5.90. The number of anilines is 1. The molecule has 1 amide bonds. The van der Waals surface area contributed by atoms with Gasteiger partial charge >= 0.3 is 5.76 Å². The Morgan fingerprint density at radius 3 is 2.69 bits per heavy atom. The minimum Gasteiger partial charge on any atom is -0.508 e. The Hall–Kier alpha value is -4.54. The van der Waals surface area contributed by atoms with E-state index >= 15 is 0 Å². The Labute approximate surface area is 180 Å². The highest BCUT2D eigenvalue weighted by Gasteiger charge is 2.14. The quantitative estimate of drug-likeness (QED) is 0.332. The number of nitro benzene ring substituents is 1. The van der Waals surface area contributed by atoms with E-state index in [4.69, 9.17) is 4.42 Å². The molecule has 0 bridgehead atoms. The van der Waals surface area contributed by atoms with Gasteiger partial charge in [0, 0.05) is 24.6 Å². The first kappa shape index (κ1) is 20.7. The van der Waals surface area contributed by atoms with Crippen LogP contribution >= 0.6 is 0 Å². The maximum absolute atomic E-state index is 12.2. The molecule has 0 radical (unpaired) electrons. The summed E-state index contributed by atoms with van der Waals surface area (Å²) < 4.78 is 6.40. The second-order valence-corrected chi connectivity index (χ2v) is 6.93. The van der Waals surface area contributed by atoms with Crippen molar-refractivity contribution in [3.8, 4) is 17.1 Å². The molecule has 0 saturated heterocycles. The van der Waals surface area contributed by atoms with E-state index < -0.39 is 10.7 Å². The number of hydrogen-bond acceptors (Lipinski definition) is 8. The van der Waals surface area contributed by atoms with Crippen molar-refractivity contribution < 1.29 is 19.2 Å². The molecule has 0 fully saturated rings. The van der Waals surface area contributed by atoms with E-state index in [1.165, 1.54) is 41.2 Å². The van der Waals surface area contributed by atoms with Gasteiger partial charge in [0.2, 0.25) is 5.91 Å². The van der Waals surface area contributed by atoms with Gasteiger partial charge in [-0.25, -0.2) is 14.8 Å². The second-order valence-electron chi connectivity index (χ2n) is 6.93. The van der Waals surface area contributed by atoms with Crippen LogP contribution in [0.25, 0.3) is 22.5 Å². The smallest absolute Gasteiger partial charge is 0.419 e. The second kappa shape index (κ2) is 8.68. The van der Waals surface area contributed by atoms with Gasteiger partial charge < -0.3 is 14.8 Å². The maximum Gasteiger partial charge on any atom is 0.419 e. The van der Waals surface area contributed by atoms with E-state index in [-0.39, 0.29) is 35.9 Å². The standard InChI is InChI=1S/C21H17N5O6/c27-16-4-1-3-13(9-16)20-22-11-14(12-23-20)24-19(28)5-2-8-25-17-7-6-15(26(30)31)10-18(17)32-21(25)29/h1,3-4,6-7,9-12,27H,2,5,8H2,(H,24,28). The molecule has 2 heterocycles. The van der Waals surface area contributed by atoms with Crippen molar-refractivity contribution in [1.82, 2.24) is 14.5 Å². The first-order valence-electron chi connectivity index (χ1n) is 9.60. The summed E-state index contributed by atoms with van der Waals surface area (Å²) in [5, 5.41) is 23.1. The van der Waals surface area contributed by atoms with Crippen LogP contribution in [0.2, 0.25) is 0 Å². The molecule has 2 aromatic carbocycles. The van der Waals surface area contributed by atoms with Gasteiger partial charge in [-0.3, -0.25) is 19.5 Å². The van der Waals surface area contributed by atoms with E-state index in [1.54, 1.807) is 18.2 Å². The summed E-state index contributed by atoms with van der Waals surface area (Å²) in [4.78, 5) is 42.9. The number of amides is 1. The van der Waals surface area contributed by atoms with Gasteiger partial charge in [-0.15, -0.1) is 0 Å². The van der Waals surface area contributed by atoms with Crippen molar-refractivity contribution in [2.75, 3.05) is 5.32 Å². The fourth-order valence-electron chi connectivity index (χ4n) is 3.19. The molecule has 11 nitrogen and oxygen atoms in total. The zero-order valence-corrected chi connectivity index (χ0v) is 16.6. The molecule has 2 N–H and O–H groups in total. The number of phenols is 1. The molecule has 4 rings (SSSR count). The number of aryl methyl sites for hydroxylation is 1. The number of rotatable bonds is 7. The summed E-state index contributed by atoms with van der Waals surface area (Å²) in [6.45, 7) is 0.212. The third-order valence-corrected chi connectivity index (χ3v) is 4.69. The number of oxazole rings is 1. The normalized spacial score (nSPS) is 10.9. The molecule has 0 saturated carbocycles. The summed E-state index contributed by atoms with van der Waals surface area (Å²) >= 11 is 0. The number of carbonyl (C=O) groups excluding carboxylic acids is 1. The third-order valence-electron chi connectivity index (χ3n) is 4.69. The Morgan fingerprint density at radius 2 is 1.97 bits per heavy atom. The zero-order chi connectivity index (χ0) is 22.7. The number of aromatic hydroxyl groups is 1. The Morgan fingerprint density at radius 1 is 1.19 bits per heavy atom. The molecule has 0 spiro atoms. The SMILES string of the molecule is O=C(CCCn1c(=O)oc2cc([N+](=O)[O-])ccc21)Nc1cnc(-c2cccc(O)c2)nc1. The molecular weight excluding hydrogens is 418 g/mol. The molecule has 2 aromatic heterocycles. The van der Waals surface area contributed by atoms with Crippen LogP contribution in [0.15, 0.2) is 64.1 Å². The first-order valence-corrected chi connectivity index (χ1v) is 9.60. The first-order chi connectivity index (χ1) is 15.4. The van der Waals surface area contributed by atoms with Crippen LogP contribution in [0.5, 0.6) is 5.75 Å². The topological polar surface area (TPSA) is 153 Å². The lowest BCUT2D eigenvalue weighted by molar-refractivity contribution is -0.384. The van der Waals surface area contributed by atoms with E-state index in [0.29, 0.717) is 29.0 Å². The Kier molecular flexibility index (Phi) is 5.62. The lowest BCUT2D eigenvalue weighted by atomic mass is 10.2. The molecule has 4 aromatic rings. The summed E-state index contributed by atoms with van der Waals surface area (Å²) in [7, 11) is 0. The van der Waals surface area contributed by atoms with Crippen molar-refractivity contribution in [3.63, 3.8) is 0 Å². The number of hydrogen-bond donors (Lipinski definition) is 2. The summed E-state index contributed by atoms with van der Waals surface area (Å²) in [5.74, 6) is -0.413. The lowest BCUT2D eigenvalue weighted by Crippen LogP contribution is -2.17. The largest absolute Gasteiger partial charge is 0.508 e. The van der Waals surface area contributed by atoms with Crippen LogP contribution in [-0.4, -0.2) is 30.5 Å². The Balaban J connectivity index is 1.35.